The highest BCUT2D eigenvalue weighted by Crippen LogP contribution is 2.29. The zero-order valence-electron chi connectivity index (χ0n) is 18.6. The second-order valence-electron chi connectivity index (χ2n) is 8.87. The molecule has 174 valence electrons. The molecule has 9 heteroatoms. The van der Waals surface area contributed by atoms with E-state index in [4.69, 9.17) is 5.73 Å². The fraction of sp³-hybridized carbons (Fsp3) is 0.417. The summed E-state index contributed by atoms with van der Waals surface area (Å²) in [6, 6.07) is 6.09. The minimum Gasteiger partial charge on any atom is -0.480 e. The molecule has 1 amide bonds. The van der Waals surface area contributed by atoms with Crippen LogP contribution in [0.25, 0.3) is 11.0 Å². The van der Waals surface area contributed by atoms with Gasteiger partial charge in [0.15, 0.2) is 0 Å². The summed E-state index contributed by atoms with van der Waals surface area (Å²) < 4.78 is 0. The molecule has 3 aromatic rings. The number of nitrogen functional groups attached to an aromatic ring is 1. The van der Waals surface area contributed by atoms with E-state index >= 15 is 0 Å². The highest BCUT2D eigenvalue weighted by molar-refractivity contribution is 5.96. The number of fused-ring (bicyclic) bond motifs is 1. The first-order chi connectivity index (χ1) is 15.8. The number of hydrogen-bond donors (Lipinski definition) is 5. The maximum atomic E-state index is 12.7. The number of aliphatic carboxylic acids is 1. The van der Waals surface area contributed by atoms with Gasteiger partial charge in [-0.3, -0.25) is 14.6 Å². The van der Waals surface area contributed by atoms with Crippen molar-refractivity contribution in [3.8, 4) is 0 Å². The molecule has 4 rings (SSSR count). The van der Waals surface area contributed by atoms with Crippen molar-refractivity contribution in [2.75, 3.05) is 5.73 Å². The summed E-state index contributed by atoms with van der Waals surface area (Å²) >= 11 is 0. The second-order valence-corrected chi connectivity index (χ2v) is 8.87. The third kappa shape index (κ3) is 4.92. The molecule has 2 aromatic heterocycles. The average Bonchev–Trinajstić information content (AvgIpc) is 3.23. The van der Waals surface area contributed by atoms with Gasteiger partial charge >= 0.3 is 5.97 Å². The Morgan fingerprint density at radius 1 is 1.21 bits per heavy atom. The number of rotatable bonds is 7. The molecular weight excluding hydrogens is 422 g/mol. The number of hydrogen-bond acceptors (Lipinski definition) is 5. The smallest absolute Gasteiger partial charge is 0.326 e. The van der Waals surface area contributed by atoms with Crippen LogP contribution in [-0.4, -0.2) is 38.0 Å². The Labute approximate surface area is 190 Å². The van der Waals surface area contributed by atoms with Crippen LogP contribution in [0.3, 0.4) is 0 Å². The number of aromatic nitrogens is 3. The zero-order chi connectivity index (χ0) is 23.5. The lowest BCUT2D eigenvalue weighted by molar-refractivity contribution is -0.139. The van der Waals surface area contributed by atoms with Crippen LogP contribution in [0.4, 0.5) is 5.95 Å². The standard InChI is InChI=1S/C24H29N5O4/c1-13(17-12-26-20-19(17)22(31)29-24(25)28-20)15-7-9-16(10-8-15)21(30)27-18(23(32)33)11-14-5-3-2-4-6-14/h7-10,12-14,18H,2-6,11H2,1H3,(H,27,30)(H,32,33)(H4,25,26,28,29,31). The van der Waals surface area contributed by atoms with E-state index in [0.29, 0.717) is 28.9 Å². The number of carbonyl (C=O) groups is 2. The maximum Gasteiger partial charge on any atom is 0.326 e. The third-order valence-corrected chi connectivity index (χ3v) is 6.63. The molecule has 1 saturated carbocycles. The number of aromatic amines is 2. The zero-order valence-corrected chi connectivity index (χ0v) is 18.6. The van der Waals surface area contributed by atoms with Crippen LogP contribution < -0.4 is 16.6 Å². The maximum absolute atomic E-state index is 12.7. The van der Waals surface area contributed by atoms with Gasteiger partial charge < -0.3 is 21.1 Å². The van der Waals surface area contributed by atoms with E-state index in [9.17, 15) is 19.5 Å². The number of H-pyrrole nitrogens is 2. The van der Waals surface area contributed by atoms with Gasteiger partial charge in [-0.1, -0.05) is 51.2 Å². The van der Waals surface area contributed by atoms with Crippen LogP contribution in [0.5, 0.6) is 0 Å². The molecule has 1 fully saturated rings. The number of carbonyl (C=O) groups excluding carboxylic acids is 1. The largest absolute Gasteiger partial charge is 0.480 e. The fourth-order valence-electron chi connectivity index (χ4n) is 4.74. The van der Waals surface area contributed by atoms with E-state index in [0.717, 1.165) is 36.8 Å². The van der Waals surface area contributed by atoms with Crippen molar-refractivity contribution in [3.63, 3.8) is 0 Å². The van der Waals surface area contributed by atoms with Crippen LogP contribution in [0.2, 0.25) is 0 Å². The molecule has 2 atom stereocenters. The number of nitrogens with two attached hydrogens (primary N) is 1. The summed E-state index contributed by atoms with van der Waals surface area (Å²) in [6.45, 7) is 1.96. The Morgan fingerprint density at radius 3 is 2.58 bits per heavy atom. The Hall–Kier alpha value is -3.62. The molecule has 0 saturated heterocycles. The molecular formula is C24H29N5O4. The SMILES string of the molecule is CC(c1ccc(C(=O)NC(CC2CCCCC2)C(=O)O)cc1)c1c[nH]c2nc(N)[nH]c(=O)c12. The highest BCUT2D eigenvalue weighted by atomic mass is 16.4. The van der Waals surface area contributed by atoms with E-state index in [-0.39, 0.29) is 17.4 Å². The lowest BCUT2D eigenvalue weighted by Gasteiger charge is -2.25. The minimum absolute atomic E-state index is 0.0482. The molecule has 0 aliphatic heterocycles. The van der Waals surface area contributed by atoms with Crippen molar-refractivity contribution >= 4 is 28.9 Å². The average molecular weight is 452 g/mol. The monoisotopic (exact) mass is 451 g/mol. The molecule has 9 nitrogen and oxygen atoms in total. The van der Waals surface area contributed by atoms with Crippen LogP contribution in [-0.2, 0) is 4.79 Å². The summed E-state index contributed by atoms with van der Waals surface area (Å²) in [5.41, 5.74) is 7.79. The third-order valence-electron chi connectivity index (χ3n) is 6.63. The van der Waals surface area contributed by atoms with Crippen LogP contribution >= 0.6 is 0 Å². The first-order valence-corrected chi connectivity index (χ1v) is 11.3. The van der Waals surface area contributed by atoms with Crippen LogP contribution in [0, 0.1) is 5.92 Å². The summed E-state index contributed by atoms with van der Waals surface area (Å²) in [6.07, 6.45) is 7.68. The Kier molecular flexibility index (Phi) is 6.48. The molecule has 0 spiro atoms. The number of carboxylic acid groups (broad SMARTS) is 1. The topological polar surface area (TPSA) is 154 Å². The molecule has 1 aromatic carbocycles. The van der Waals surface area contributed by atoms with E-state index in [1.54, 1.807) is 18.3 Å². The predicted molar refractivity (Wildman–Crippen MR) is 125 cm³/mol. The van der Waals surface area contributed by atoms with Gasteiger partial charge in [0.25, 0.3) is 11.5 Å². The summed E-state index contributed by atoms with van der Waals surface area (Å²) in [4.78, 5) is 46.4. The number of carboxylic acids is 1. The summed E-state index contributed by atoms with van der Waals surface area (Å²) in [5, 5.41) is 12.7. The number of benzene rings is 1. The summed E-state index contributed by atoms with van der Waals surface area (Å²) in [5.74, 6) is -1.15. The van der Waals surface area contributed by atoms with Crippen molar-refractivity contribution < 1.29 is 14.7 Å². The lowest BCUT2D eigenvalue weighted by atomic mass is 9.85. The van der Waals surface area contributed by atoms with Gasteiger partial charge in [0.1, 0.15) is 11.7 Å². The quantitative estimate of drug-likeness (QED) is 0.372. The molecule has 2 heterocycles. The Bertz CT molecular complexity index is 1210. The Morgan fingerprint density at radius 2 is 1.91 bits per heavy atom. The highest BCUT2D eigenvalue weighted by Gasteiger charge is 2.26. The van der Waals surface area contributed by atoms with Crippen LogP contribution in [0.15, 0.2) is 35.3 Å². The summed E-state index contributed by atoms with van der Waals surface area (Å²) in [7, 11) is 0. The normalized spacial score (nSPS) is 16.4. The molecule has 1 aliphatic carbocycles. The van der Waals surface area contributed by atoms with Gasteiger partial charge in [-0.25, -0.2) is 4.79 Å². The minimum atomic E-state index is -1.00. The van der Waals surface area contributed by atoms with Gasteiger partial charge in [0.2, 0.25) is 5.95 Å². The number of amides is 1. The van der Waals surface area contributed by atoms with Crippen molar-refractivity contribution in [1.29, 1.82) is 0 Å². The van der Waals surface area contributed by atoms with Crippen LogP contribution in [0.1, 0.15) is 72.9 Å². The van der Waals surface area contributed by atoms with E-state index in [2.05, 4.69) is 20.3 Å². The number of nitrogens with one attached hydrogen (secondary N) is 3. The van der Waals surface area contributed by atoms with E-state index in [1.165, 1.54) is 6.42 Å². The van der Waals surface area contributed by atoms with Gasteiger partial charge in [0.05, 0.1) is 5.39 Å². The molecule has 0 bridgehead atoms. The van der Waals surface area contributed by atoms with Crippen molar-refractivity contribution in [2.45, 2.75) is 57.4 Å². The molecule has 33 heavy (non-hydrogen) atoms. The van der Waals surface area contributed by atoms with E-state index < -0.39 is 17.9 Å². The first kappa shape index (κ1) is 22.6. The second kappa shape index (κ2) is 9.48. The van der Waals surface area contributed by atoms with Crippen molar-refractivity contribution in [1.82, 2.24) is 20.3 Å². The van der Waals surface area contributed by atoms with Gasteiger partial charge in [-0.2, -0.15) is 4.98 Å². The Balaban J connectivity index is 1.47. The predicted octanol–water partition coefficient (Wildman–Crippen LogP) is 3.14. The molecule has 2 unspecified atom stereocenters. The lowest BCUT2D eigenvalue weighted by Crippen LogP contribution is -2.42. The van der Waals surface area contributed by atoms with Gasteiger partial charge in [-0.15, -0.1) is 0 Å². The van der Waals surface area contributed by atoms with Gasteiger partial charge in [-0.05, 0) is 35.6 Å². The van der Waals surface area contributed by atoms with Crippen molar-refractivity contribution in [2.24, 2.45) is 5.92 Å². The molecule has 1 aliphatic rings. The fourth-order valence-corrected chi connectivity index (χ4v) is 4.74. The first-order valence-electron chi connectivity index (χ1n) is 11.3. The van der Waals surface area contributed by atoms with Gasteiger partial charge in [0, 0.05) is 17.7 Å². The van der Waals surface area contributed by atoms with E-state index in [1.807, 2.05) is 19.1 Å². The molecule has 6 N–H and O–H groups in total. The number of anilines is 1. The molecule has 0 radical (unpaired) electrons. The number of nitrogens with zero attached hydrogens (tertiary/aromatic N) is 1. The van der Waals surface area contributed by atoms with Crippen molar-refractivity contribution in [3.05, 3.63) is 57.5 Å².